The Morgan fingerprint density at radius 3 is 2.77 bits per heavy atom. The Kier molecular flexibility index (Phi) is 3.91. The minimum absolute atomic E-state index is 0.150. The molecule has 1 aromatic carbocycles. The zero-order valence-corrected chi connectivity index (χ0v) is 13.2. The second-order valence-corrected chi connectivity index (χ2v) is 6.61. The highest BCUT2D eigenvalue weighted by molar-refractivity contribution is 6.06. The van der Waals surface area contributed by atoms with Crippen molar-refractivity contribution < 1.29 is 9.59 Å². The molecule has 2 saturated heterocycles. The third kappa shape index (κ3) is 2.73. The fourth-order valence-corrected chi connectivity index (χ4v) is 3.54. The van der Waals surface area contributed by atoms with Crippen molar-refractivity contribution >= 4 is 11.9 Å². The minimum atomic E-state index is -0.776. The number of nitrogens with one attached hydrogen (secondary N) is 2. The van der Waals surface area contributed by atoms with Crippen LogP contribution >= 0.6 is 0 Å². The van der Waals surface area contributed by atoms with Gasteiger partial charge in [0.25, 0.3) is 5.91 Å². The summed E-state index contributed by atoms with van der Waals surface area (Å²) in [5.74, 6) is -0.0445. The average Bonchev–Trinajstić information content (AvgIpc) is 2.76. The zero-order chi connectivity index (χ0) is 15.7. The first-order chi connectivity index (χ1) is 10.5. The van der Waals surface area contributed by atoms with Gasteiger partial charge >= 0.3 is 6.03 Å². The maximum absolute atomic E-state index is 12.1. The number of rotatable bonds is 3. The molecule has 0 spiro atoms. The van der Waals surface area contributed by atoms with Crippen molar-refractivity contribution in [2.45, 2.75) is 38.8 Å². The molecule has 2 fully saturated rings. The van der Waals surface area contributed by atoms with Crippen LogP contribution in [0, 0.1) is 12.8 Å². The van der Waals surface area contributed by atoms with Crippen molar-refractivity contribution in [3.8, 4) is 0 Å². The van der Waals surface area contributed by atoms with E-state index in [2.05, 4.69) is 46.7 Å². The van der Waals surface area contributed by atoms with Gasteiger partial charge in [0.2, 0.25) is 0 Å². The van der Waals surface area contributed by atoms with Crippen LogP contribution in [0.2, 0.25) is 0 Å². The van der Waals surface area contributed by atoms with E-state index in [4.69, 9.17) is 0 Å². The molecule has 0 saturated carbocycles. The third-order valence-electron chi connectivity index (χ3n) is 5.05. The van der Waals surface area contributed by atoms with Crippen molar-refractivity contribution in [1.82, 2.24) is 15.5 Å². The van der Waals surface area contributed by atoms with Gasteiger partial charge in [0.05, 0.1) is 0 Å². The summed E-state index contributed by atoms with van der Waals surface area (Å²) >= 11 is 0. The second-order valence-electron chi connectivity index (χ2n) is 6.61. The Morgan fingerprint density at radius 2 is 2.09 bits per heavy atom. The van der Waals surface area contributed by atoms with Gasteiger partial charge in [-0.1, -0.05) is 24.3 Å². The Morgan fingerprint density at radius 1 is 1.32 bits per heavy atom. The number of carbonyl (C=O) groups is 2. The summed E-state index contributed by atoms with van der Waals surface area (Å²) < 4.78 is 0. The average molecular weight is 301 g/mol. The van der Waals surface area contributed by atoms with Crippen LogP contribution in [0.4, 0.5) is 4.79 Å². The smallest absolute Gasteiger partial charge is 0.322 e. The molecule has 5 heteroatoms. The zero-order valence-electron chi connectivity index (χ0n) is 13.2. The quantitative estimate of drug-likeness (QED) is 0.837. The number of piperidine rings is 1. The van der Waals surface area contributed by atoms with E-state index in [1.807, 2.05) is 6.92 Å². The third-order valence-corrected chi connectivity index (χ3v) is 5.05. The molecule has 2 aliphatic heterocycles. The molecular formula is C17H23N3O2. The molecule has 2 N–H and O–H groups in total. The van der Waals surface area contributed by atoms with Crippen LogP contribution < -0.4 is 10.6 Å². The molecule has 0 bridgehead atoms. The number of nitrogens with zero attached hydrogens (tertiary/aromatic N) is 1. The van der Waals surface area contributed by atoms with Crippen LogP contribution in [0.25, 0.3) is 0 Å². The lowest BCUT2D eigenvalue weighted by atomic mass is 9.80. The first-order valence-corrected chi connectivity index (χ1v) is 7.89. The van der Waals surface area contributed by atoms with Crippen molar-refractivity contribution in [3.63, 3.8) is 0 Å². The van der Waals surface area contributed by atoms with Crippen molar-refractivity contribution in [2.75, 3.05) is 13.1 Å². The van der Waals surface area contributed by atoms with Crippen LogP contribution in [0.15, 0.2) is 24.3 Å². The van der Waals surface area contributed by atoms with E-state index in [9.17, 15) is 9.59 Å². The van der Waals surface area contributed by atoms with Crippen LogP contribution in [0.5, 0.6) is 0 Å². The molecule has 0 aliphatic carbocycles. The number of benzene rings is 1. The number of imide groups is 1. The van der Waals surface area contributed by atoms with Crippen LogP contribution in [-0.4, -0.2) is 35.5 Å². The van der Waals surface area contributed by atoms with Crippen molar-refractivity contribution in [1.29, 1.82) is 0 Å². The maximum Gasteiger partial charge on any atom is 0.322 e. The monoisotopic (exact) mass is 301 g/mol. The molecule has 2 atom stereocenters. The lowest BCUT2D eigenvalue weighted by Gasteiger charge is -2.39. The SMILES string of the molecule is Cc1ccccc1CN1CCCC(C2(C)NC(=O)NC2=O)C1. The summed E-state index contributed by atoms with van der Waals surface area (Å²) in [5, 5.41) is 5.19. The van der Waals surface area contributed by atoms with Crippen LogP contribution in [0.3, 0.4) is 0 Å². The largest absolute Gasteiger partial charge is 0.323 e. The molecule has 118 valence electrons. The number of urea groups is 1. The van der Waals surface area contributed by atoms with E-state index in [1.165, 1.54) is 11.1 Å². The summed E-state index contributed by atoms with van der Waals surface area (Å²) in [6.45, 7) is 6.74. The minimum Gasteiger partial charge on any atom is -0.323 e. The molecule has 22 heavy (non-hydrogen) atoms. The summed E-state index contributed by atoms with van der Waals surface area (Å²) in [6, 6.07) is 8.03. The molecular weight excluding hydrogens is 278 g/mol. The molecule has 3 amide bonds. The first kappa shape index (κ1) is 15.0. The van der Waals surface area contributed by atoms with Gasteiger partial charge in [0.1, 0.15) is 5.54 Å². The first-order valence-electron chi connectivity index (χ1n) is 7.89. The summed E-state index contributed by atoms with van der Waals surface area (Å²) in [6.07, 6.45) is 2.02. The summed E-state index contributed by atoms with van der Waals surface area (Å²) in [5.41, 5.74) is 1.84. The number of aryl methyl sites for hydroxylation is 1. The van der Waals surface area contributed by atoms with E-state index in [0.29, 0.717) is 0 Å². The summed E-state index contributed by atoms with van der Waals surface area (Å²) in [4.78, 5) is 26.0. The molecule has 5 nitrogen and oxygen atoms in total. The van der Waals surface area contributed by atoms with E-state index < -0.39 is 5.54 Å². The fraction of sp³-hybridized carbons (Fsp3) is 0.529. The number of hydrogen-bond acceptors (Lipinski definition) is 3. The highest BCUT2D eigenvalue weighted by atomic mass is 16.2. The van der Waals surface area contributed by atoms with Gasteiger partial charge in [-0.25, -0.2) is 4.79 Å². The lowest BCUT2D eigenvalue weighted by Crippen LogP contribution is -2.55. The van der Waals surface area contributed by atoms with E-state index in [-0.39, 0.29) is 17.9 Å². The highest BCUT2D eigenvalue weighted by Gasteiger charge is 2.48. The number of amides is 3. The topological polar surface area (TPSA) is 61.4 Å². The maximum atomic E-state index is 12.1. The van der Waals surface area contributed by atoms with Crippen molar-refractivity contribution in [2.24, 2.45) is 5.92 Å². The molecule has 2 heterocycles. The van der Waals surface area contributed by atoms with Gasteiger partial charge < -0.3 is 5.32 Å². The Bertz CT molecular complexity index is 601. The molecule has 2 unspecified atom stereocenters. The predicted molar refractivity (Wildman–Crippen MR) is 84.3 cm³/mol. The van der Waals surface area contributed by atoms with Gasteiger partial charge in [-0.05, 0) is 44.4 Å². The standard InChI is InChI=1S/C17H23N3O2/c1-12-6-3-4-7-13(12)10-20-9-5-8-14(11-20)17(2)15(21)18-16(22)19-17/h3-4,6-7,14H,5,8-11H2,1-2H3,(H2,18,19,21,22). The number of carbonyl (C=O) groups excluding carboxylic acids is 2. The van der Waals surface area contributed by atoms with Gasteiger partial charge in [0, 0.05) is 19.0 Å². The fourth-order valence-electron chi connectivity index (χ4n) is 3.54. The highest BCUT2D eigenvalue weighted by Crippen LogP contribution is 2.30. The van der Waals surface area contributed by atoms with E-state index in [1.54, 1.807) is 0 Å². The normalized spacial score (nSPS) is 29.3. The van der Waals surface area contributed by atoms with Gasteiger partial charge in [-0.15, -0.1) is 0 Å². The number of hydrogen-bond donors (Lipinski definition) is 2. The lowest BCUT2D eigenvalue weighted by molar-refractivity contribution is -0.126. The Labute approximate surface area is 131 Å². The van der Waals surface area contributed by atoms with Gasteiger partial charge in [-0.3, -0.25) is 15.0 Å². The molecule has 0 radical (unpaired) electrons. The molecule has 1 aromatic rings. The predicted octanol–water partition coefficient (Wildman–Crippen LogP) is 1.81. The molecule has 3 rings (SSSR count). The Hall–Kier alpha value is -1.88. The van der Waals surface area contributed by atoms with Gasteiger partial charge in [-0.2, -0.15) is 0 Å². The van der Waals surface area contributed by atoms with Gasteiger partial charge in [0.15, 0.2) is 0 Å². The Balaban J connectivity index is 1.71. The van der Waals surface area contributed by atoms with Crippen LogP contribution in [0.1, 0.15) is 30.9 Å². The molecule has 0 aromatic heterocycles. The number of likely N-dealkylation sites (tertiary alicyclic amines) is 1. The second kappa shape index (κ2) is 5.72. The summed E-state index contributed by atoms with van der Waals surface area (Å²) in [7, 11) is 0. The van der Waals surface area contributed by atoms with E-state index in [0.717, 1.165) is 32.5 Å². The van der Waals surface area contributed by atoms with E-state index >= 15 is 0 Å². The van der Waals surface area contributed by atoms with Crippen LogP contribution in [-0.2, 0) is 11.3 Å². The molecule has 2 aliphatic rings. The van der Waals surface area contributed by atoms with Crippen molar-refractivity contribution in [3.05, 3.63) is 35.4 Å².